The van der Waals surface area contributed by atoms with Crippen molar-refractivity contribution >= 4 is 16.8 Å². The lowest BCUT2D eigenvalue weighted by Gasteiger charge is -2.28. The molecule has 0 bridgehead atoms. The van der Waals surface area contributed by atoms with E-state index in [4.69, 9.17) is 4.74 Å². The highest BCUT2D eigenvalue weighted by atomic mass is 32.2. The van der Waals surface area contributed by atoms with Gasteiger partial charge < -0.3 is 15.4 Å². The second-order valence-corrected chi connectivity index (χ2v) is 7.98. The Morgan fingerprint density at radius 3 is 2.78 bits per heavy atom. The van der Waals surface area contributed by atoms with Gasteiger partial charge in [0, 0.05) is 40.8 Å². The molecule has 1 aliphatic rings. The van der Waals surface area contributed by atoms with Gasteiger partial charge in [-0.3, -0.25) is 9.20 Å². The Hall–Kier alpha value is -2.34. The van der Waals surface area contributed by atoms with Crippen molar-refractivity contribution in [3.63, 3.8) is 0 Å². The highest BCUT2D eigenvalue weighted by Gasteiger charge is 2.21. The monoisotopic (exact) mass is 385 g/mol. The smallest absolute Gasteiger partial charge is 0.191 e. The van der Waals surface area contributed by atoms with Gasteiger partial charge in [0.15, 0.2) is 5.96 Å². The van der Waals surface area contributed by atoms with Crippen molar-refractivity contribution in [3.8, 4) is 5.75 Å². The zero-order valence-corrected chi connectivity index (χ0v) is 16.5. The molecule has 6 heteroatoms. The van der Waals surface area contributed by atoms with Gasteiger partial charge in [-0.15, -0.1) is 0 Å². The van der Waals surface area contributed by atoms with Crippen molar-refractivity contribution in [2.45, 2.75) is 25.1 Å². The number of ether oxygens (including phenoxy) is 1. The minimum Gasteiger partial charge on any atom is -0.493 e. The predicted octanol–water partition coefficient (Wildman–Crippen LogP) is 3.01. The number of aliphatic imine (C=N–C) groups is 1. The summed E-state index contributed by atoms with van der Waals surface area (Å²) in [4.78, 5) is 4.62. The Labute approximate surface area is 163 Å². The van der Waals surface area contributed by atoms with Crippen molar-refractivity contribution in [1.82, 2.24) is 10.6 Å². The molecule has 0 aliphatic carbocycles. The molecule has 3 rings (SSSR count). The molecule has 1 aliphatic heterocycles. The largest absolute Gasteiger partial charge is 0.493 e. The van der Waals surface area contributed by atoms with Crippen LogP contribution in [0.5, 0.6) is 5.75 Å². The number of nitrogens with zero attached hydrogens (tertiary/aromatic N) is 1. The van der Waals surface area contributed by atoms with E-state index >= 15 is 0 Å². The van der Waals surface area contributed by atoms with Gasteiger partial charge in [-0.25, -0.2) is 0 Å². The fourth-order valence-electron chi connectivity index (χ4n) is 3.07. The number of fused-ring (bicyclic) bond motifs is 1. The van der Waals surface area contributed by atoms with Gasteiger partial charge in [0.05, 0.1) is 19.2 Å². The van der Waals surface area contributed by atoms with Crippen LogP contribution in [-0.4, -0.2) is 35.6 Å². The van der Waals surface area contributed by atoms with Gasteiger partial charge >= 0.3 is 0 Å². The molecule has 5 nitrogen and oxygen atoms in total. The van der Waals surface area contributed by atoms with Crippen LogP contribution in [0, 0.1) is 0 Å². The molecule has 2 aromatic carbocycles. The lowest BCUT2D eigenvalue weighted by molar-refractivity contribution is 0.261. The Bertz CT molecular complexity index is 780. The SMILES string of the molecule is CCNC(=NCCS(=O)Cc1ccccc1)NC1CCOc2ccccc21. The maximum Gasteiger partial charge on any atom is 0.191 e. The van der Waals surface area contributed by atoms with E-state index in [0.29, 0.717) is 24.7 Å². The second kappa shape index (κ2) is 10.1. The van der Waals surface area contributed by atoms with Crippen molar-refractivity contribution in [2.75, 3.05) is 25.4 Å². The van der Waals surface area contributed by atoms with Gasteiger partial charge in [-0.05, 0) is 18.6 Å². The highest BCUT2D eigenvalue weighted by molar-refractivity contribution is 7.84. The van der Waals surface area contributed by atoms with E-state index in [1.165, 1.54) is 0 Å². The molecule has 0 saturated carbocycles. The van der Waals surface area contributed by atoms with E-state index in [1.807, 2.05) is 55.5 Å². The summed E-state index contributed by atoms with van der Waals surface area (Å²) < 4.78 is 18.0. The number of hydrogen-bond acceptors (Lipinski definition) is 3. The van der Waals surface area contributed by atoms with E-state index in [2.05, 4.69) is 21.7 Å². The number of para-hydroxylation sites is 1. The Morgan fingerprint density at radius 2 is 1.96 bits per heavy atom. The van der Waals surface area contributed by atoms with Gasteiger partial charge in [0.25, 0.3) is 0 Å². The molecule has 2 unspecified atom stereocenters. The Morgan fingerprint density at radius 1 is 1.19 bits per heavy atom. The van der Waals surface area contributed by atoms with Crippen molar-refractivity contribution < 1.29 is 8.95 Å². The summed E-state index contributed by atoms with van der Waals surface area (Å²) in [6.45, 7) is 4.04. The summed E-state index contributed by atoms with van der Waals surface area (Å²) in [7, 11) is -0.917. The van der Waals surface area contributed by atoms with E-state index in [-0.39, 0.29) is 6.04 Å². The predicted molar refractivity (Wildman–Crippen MR) is 112 cm³/mol. The molecule has 27 heavy (non-hydrogen) atoms. The van der Waals surface area contributed by atoms with Gasteiger partial charge in [-0.1, -0.05) is 48.5 Å². The normalized spacial score (nSPS) is 17.5. The van der Waals surface area contributed by atoms with Gasteiger partial charge in [0.1, 0.15) is 5.75 Å². The van der Waals surface area contributed by atoms with E-state index in [9.17, 15) is 4.21 Å². The third kappa shape index (κ3) is 5.82. The third-order valence-electron chi connectivity index (χ3n) is 4.37. The van der Waals surface area contributed by atoms with Crippen LogP contribution in [0.25, 0.3) is 0 Å². The Kier molecular flexibility index (Phi) is 7.27. The fraction of sp³-hybridized carbons (Fsp3) is 0.381. The minimum absolute atomic E-state index is 0.169. The van der Waals surface area contributed by atoms with Crippen molar-refractivity contribution in [1.29, 1.82) is 0 Å². The topological polar surface area (TPSA) is 62.7 Å². The molecule has 144 valence electrons. The van der Waals surface area contributed by atoms with Crippen LogP contribution in [0.3, 0.4) is 0 Å². The number of benzene rings is 2. The first-order chi connectivity index (χ1) is 13.3. The molecule has 1 heterocycles. The van der Waals surface area contributed by atoms with Crippen molar-refractivity contribution in [3.05, 3.63) is 65.7 Å². The van der Waals surface area contributed by atoms with Gasteiger partial charge in [0.2, 0.25) is 0 Å². The summed E-state index contributed by atoms with van der Waals surface area (Å²) in [6.07, 6.45) is 0.890. The molecule has 2 aromatic rings. The summed E-state index contributed by atoms with van der Waals surface area (Å²) in [6, 6.07) is 18.2. The molecule has 0 radical (unpaired) electrons. The molecule has 0 saturated heterocycles. The minimum atomic E-state index is -0.917. The maximum atomic E-state index is 12.3. The van der Waals surface area contributed by atoms with Crippen LogP contribution >= 0.6 is 0 Å². The van der Waals surface area contributed by atoms with E-state index in [1.54, 1.807) is 0 Å². The fourth-order valence-corrected chi connectivity index (χ4v) is 4.07. The van der Waals surface area contributed by atoms with E-state index < -0.39 is 10.8 Å². The summed E-state index contributed by atoms with van der Waals surface area (Å²) >= 11 is 0. The van der Waals surface area contributed by atoms with Crippen LogP contribution in [0.2, 0.25) is 0 Å². The van der Waals surface area contributed by atoms with Crippen LogP contribution in [0.15, 0.2) is 59.6 Å². The standard InChI is InChI=1S/C21H27N3O2S/c1-2-22-21(23-13-15-27(25)16-17-8-4-3-5-9-17)24-19-12-14-26-20-11-7-6-10-18(19)20/h3-11,19H,2,12-16H2,1H3,(H2,22,23,24). The van der Waals surface area contributed by atoms with Crippen LogP contribution < -0.4 is 15.4 Å². The van der Waals surface area contributed by atoms with Crippen LogP contribution in [0.1, 0.15) is 30.5 Å². The lowest BCUT2D eigenvalue weighted by Crippen LogP contribution is -2.41. The summed E-state index contributed by atoms with van der Waals surface area (Å²) in [5, 5.41) is 6.78. The molecule has 0 amide bonds. The molecular weight excluding hydrogens is 358 g/mol. The number of nitrogens with one attached hydrogen (secondary N) is 2. The lowest BCUT2D eigenvalue weighted by atomic mass is 10.0. The number of guanidine groups is 1. The first-order valence-electron chi connectivity index (χ1n) is 9.41. The molecule has 2 atom stereocenters. The highest BCUT2D eigenvalue weighted by Crippen LogP contribution is 2.31. The first kappa shape index (κ1) is 19.4. The quantitative estimate of drug-likeness (QED) is 0.568. The van der Waals surface area contributed by atoms with E-state index in [0.717, 1.165) is 35.8 Å². The van der Waals surface area contributed by atoms with Crippen molar-refractivity contribution in [2.24, 2.45) is 4.99 Å². The molecule has 0 aromatic heterocycles. The average molecular weight is 386 g/mol. The maximum absolute atomic E-state index is 12.3. The molecule has 0 fully saturated rings. The molecule has 2 N–H and O–H groups in total. The first-order valence-corrected chi connectivity index (χ1v) is 10.9. The second-order valence-electron chi connectivity index (χ2n) is 6.41. The van der Waals surface area contributed by atoms with Crippen LogP contribution in [-0.2, 0) is 16.6 Å². The summed E-state index contributed by atoms with van der Waals surface area (Å²) in [5.74, 6) is 2.82. The average Bonchev–Trinajstić information content (AvgIpc) is 2.69. The molecule has 0 spiro atoms. The van der Waals surface area contributed by atoms with Gasteiger partial charge in [-0.2, -0.15) is 0 Å². The zero-order chi connectivity index (χ0) is 18.9. The third-order valence-corrected chi connectivity index (χ3v) is 5.67. The number of hydrogen-bond donors (Lipinski definition) is 2. The van der Waals surface area contributed by atoms with Crippen LogP contribution in [0.4, 0.5) is 0 Å². The summed E-state index contributed by atoms with van der Waals surface area (Å²) in [5.41, 5.74) is 2.26. The zero-order valence-electron chi connectivity index (χ0n) is 15.7. The Balaban J connectivity index is 1.56. The molecular formula is C21H27N3O2S. The number of rotatable bonds is 7.